The maximum absolute atomic E-state index is 13.1. The van der Waals surface area contributed by atoms with Crippen molar-refractivity contribution < 1.29 is 19.1 Å². The van der Waals surface area contributed by atoms with Gasteiger partial charge in [0.05, 0.1) is 37.2 Å². The number of methoxy groups -OCH3 is 1. The first-order valence-electron chi connectivity index (χ1n) is 12.3. The fourth-order valence-corrected chi connectivity index (χ4v) is 4.53. The van der Waals surface area contributed by atoms with Crippen LogP contribution >= 0.6 is 0 Å². The molecule has 0 aliphatic carbocycles. The van der Waals surface area contributed by atoms with Crippen LogP contribution in [0.1, 0.15) is 28.0 Å². The average Bonchev–Trinajstić information content (AvgIpc) is 3.59. The minimum absolute atomic E-state index is 0.182. The number of aryl methyl sites for hydroxylation is 2. The van der Waals surface area contributed by atoms with Crippen molar-refractivity contribution in [2.75, 3.05) is 31.0 Å². The zero-order valence-corrected chi connectivity index (χ0v) is 20.6. The molecule has 1 aliphatic heterocycles. The summed E-state index contributed by atoms with van der Waals surface area (Å²) in [7, 11) is 1.34. The van der Waals surface area contributed by atoms with Crippen molar-refractivity contribution in [1.82, 2.24) is 14.5 Å². The summed E-state index contributed by atoms with van der Waals surface area (Å²) in [6.45, 7) is 1.95. The Balaban J connectivity index is 1.54. The SMILES string of the molecule is COC(=O)c1c(NC(=O)C2CCOC2)c2cc(NCc3cccnc3)cnc2n1CCc1ccccc1. The number of rotatable bonds is 9. The molecule has 1 atom stereocenters. The molecule has 0 radical (unpaired) electrons. The molecule has 4 heterocycles. The van der Waals surface area contributed by atoms with Gasteiger partial charge in [-0.2, -0.15) is 0 Å². The van der Waals surface area contributed by atoms with Crippen LogP contribution in [-0.2, 0) is 33.8 Å². The van der Waals surface area contributed by atoms with Crippen LogP contribution < -0.4 is 10.6 Å². The van der Waals surface area contributed by atoms with Gasteiger partial charge < -0.3 is 24.7 Å². The number of anilines is 2. The van der Waals surface area contributed by atoms with E-state index in [2.05, 4.69) is 15.6 Å². The molecular formula is C28H29N5O4. The number of hydrogen-bond acceptors (Lipinski definition) is 7. The quantitative estimate of drug-likeness (QED) is 0.335. The van der Waals surface area contributed by atoms with E-state index in [0.29, 0.717) is 55.9 Å². The van der Waals surface area contributed by atoms with Crippen molar-refractivity contribution in [3.8, 4) is 0 Å². The Morgan fingerprint density at radius 3 is 2.70 bits per heavy atom. The highest BCUT2D eigenvalue weighted by Crippen LogP contribution is 2.34. The van der Waals surface area contributed by atoms with Crippen LogP contribution in [0.4, 0.5) is 11.4 Å². The fraction of sp³-hybridized carbons (Fsp3) is 0.286. The van der Waals surface area contributed by atoms with Crippen molar-refractivity contribution in [2.24, 2.45) is 5.92 Å². The highest BCUT2D eigenvalue weighted by molar-refractivity contribution is 6.11. The first kappa shape index (κ1) is 24.5. The van der Waals surface area contributed by atoms with Gasteiger partial charge in [0, 0.05) is 37.5 Å². The molecule has 0 bridgehead atoms. The summed E-state index contributed by atoms with van der Waals surface area (Å²) in [5.74, 6) is -0.986. The Bertz CT molecular complexity index is 1380. The summed E-state index contributed by atoms with van der Waals surface area (Å²) >= 11 is 0. The number of carbonyl (C=O) groups excluding carboxylic acids is 2. The number of nitrogens with zero attached hydrogens (tertiary/aromatic N) is 3. The van der Waals surface area contributed by atoms with E-state index in [-0.39, 0.29) is 17.5 Å². The van der Waals surface area contributed by atoms with Crippen molar-refractivity contribution in [3.05, 3.63) is 83.9 Å². The lowest BCUT2D eigenvalue weighted by Gasteiger charge is -2.12. The van der Waals surface area contributed by atoms with Gasteiger partial charge in [0.1, 0.15) is 5.65 Å². The van der Waals surface area contributed by atoms with Gasteiger partial charge in [0.25, 0.3) is 0 Å². The molecule has 0 saturated carbocycles. The van der Waals surface area contributed by atoms with E-state index in [1.165, 1.54) is 7.11 Å². The number of nitrogens with one attached hydrogen (secondary N) is 2. The molecule has 1 unspecified atom stereocenters. The second-order valence-corrected chi connectivity index (χ2v) is 8.96. The molecule has 9 heteroatoms. The number of amides is 1. The summed E-state index contributed by atoms with van der Waals surface area (Å²) in [4.78, 5) is 35.0. The normalized spacial score (nSPS) is 15.0. The smallest absolute Gasteiger partial charge is 0.356 e. The lowest BCUT2D eigenvalue weighted by molar-refractivity contribution is -0.119. The van der Waals surface area contributed by atoms with Crippen LogP contribution in [0.3, 0.4) is 0 Å². The average molecular weight is 500 g/mol. The molecule has 2 N–H and O–H groups in total. The number of hydrogen-bond donors (Lipinski definition) is 2. The molecule has 1 saturated heterocycles. The van der Waals surface area contributed by atoms with Crippen LogP contribution in [-0.4, -0.2) is 46.7 Å². The summed E-state index contributed by atoms with van der Waals surface area (Å²) in [6, 6.07) is 15.8. The molecule has 4 aromatic rings. The third-order valence-corrected chi connectivity index (χ3v) is 6.51. The monoisotopic (exact) mass is 499 g/mol. The Morgan fingerprint density at radius 1 is 1.14 bits per heavy atom. The summed E-state index contributed by atoms with van der Waals surface area (Å²) < 4.78 is 12.4. The van der Waals surface area contributed by atoms with Gasteiger partial charge >= 0.3 is 5.97 Å². The van der Waals surface area contributed by atoms with Gasteiger partial charge in [-0.15, -0.1) is 0 Å². The Morgan fingerprint density at radius 2 is 1.97 bits per heavy atom. The molecule has 1 amide bonds. The first-order valence-corrected chi connectivity index (χ1v) is 12.3. The van der Waals surface area contributed by atoms with Gasteiger partial charge in [-0.05, 0) is 36.1 Å². The number of carbonyl (C=O) groups is 2. The number of aromatic nitrogens is 3. The zero-order valence-electron chi connectivity index (χ0n) is 20.6. The van der Waals surface area contributed by atoms with E-state index in [4.69, 9.17) is 14.5 Å². The molecule has 37 heavy (non-hydrogen) atoms. The molecule has 3 aromatic heterocycles. The molecule has 9 nitrogen and oxygen atoms in total. The minimum atomic E-state index is -0.533. The number of fused-ring (bicyclic) bond motifs is 1. The van der Waals surface area contributed by atoms with Crippen molar-refractivity contribution in [1.29, 1.82) is 0 Å². The highest BCUT2D eigenvalue weighted by atomic mass is 16.5. The molecule has 1 aliphatic rings. The lowest BCUT2D eigenvalue weighted by Crippen LogP contribution is -2.24. The highest BCUT2D eigenvalue weighted by Gasteiger charge is 2.29. The van der Waals surface area contributed by atoms with Gasteiger partial charge in [-0.1, -0.05) is 36.4 Å². The molecule has 5 rings (SSSR count). The standard InChI is InChI=1S/C28H29N5O4/c1-36-28(35)25-24(32-27(34)21-10-13-37-18-21)23-14-22(30-16-20-8-5-11-29-15-20)17-31-26(23)33(25)12-9-19-6-3-2-4-7-19/h2-8,11,14-15,17,21,30H,9-10,12-13,16,18H2,1H3,(H,32,34). The van der Waals surface area contributed by atoms with Crippen LogP contribution in [0, 0.1) is 5.92 Å². The molecular weight excluding hydrogens is 470 g/mol. The van der Waals surface area contributed by atoms with Crippen LogP contribution in [0.2, 0.25) is 0 Å². The number of benzene rings is 1. The predicted molar refractivity (Wildman–Crippen MR) is 140 cm³/mol. The molecule has 1 aromatic carbocycles. The van der Waals surface area contributed by atoms with Gasteiger partial charge in [-0.3, -0.25) is 9.78 Å². The first-order chi connectivity index (χ1) is 18.1. The second kappa shape index (κ2) is 11.2. The van der Waals surface area contributed by atoms with Crippen LogP contribution in [0.25, 0.3) is 11.0 Å². The Hall–Kier alpha value is -4.24. The van der Waals surface area contributed by atoms with Crippen LogP contribution in [0.5, 0.6) is 0 Å². The van der Waals surface area contributed by atoms with Crippen molar-refractivity contribution >= 4 is 34.3 Å². The number of pyridine rings is 2. The number of ether oxygens (including phenoxy) is 2. The van der Waals surface area contributed by atoms with Gasteiger partial charge in [-0.25, -0.2) is 9.78 Å². The molecule has 0 spiro atoms. The zero-order chi connectivity index (χ0) is 25.6. The number of esters is 1. The third-order valence-electron chi connectivity index (χ3n) is 6.51. The van der Waals surface area contributed by atoms with Crippen molar-refractivity contribution in [3.63, 3.8) is 0 Å². The van der Waals surface area contributed by atoms with E-state index in [0.717, 1.165) is 16.8 Å². The van der Waals surface area contributed by atoms with E-state index in [1.807, 2.05) is 53.1 Å². The largest absolute Gasteiger partial charge is 0.464 e. The topological polar surface area (TPSA) is 107 Å². The van der Waals surface area contributed by atoms with Crippen molar-refractivity contribution in [2.45, 2.75) is 25.9 Å². The summed E-state index contributed by atoms with van der Waals surface area (Å²) in [5, 5.41) is 7.03. The third kappa shape index (κ3) is 5.46. The van der Waals surface area contributed by atoms with Crippen LogP contribution in [0.15, 0.2) is 67.1 Å². The van der Waals surface area contributed by atoms with E-state index < -0.39 is 5.97 Å². The lowest BCUT2D eigenvalue weighted by atomic mass is 10.1. The Kier molecular flexibility index (Phi) is 7.41. The summed E-state index contributed by atoms with van der Waals surface area (Å²) in [6.07, 6.45) is 6.58. The maximum Gasteiger partial charge on any atom is 0.356 e. The van der Waals surface area contributed by atoms with E-state index in [1.54, 1.807) is 18.6 Å². The second-order valence-electron chi connectivity index (χ2n) is 8.96. The molecule has 190 valence electrons. The van der Waals surface area contributed by atoms with E-state index in [9.17, 15) is 9.59 Å². The van der Waals surface area contributed by atoms with Gasteiger partial charge in [0.15, 0.2) is 5.69 Å². The van der Waals surface area contributed by atoms with Gasteiger partial charge in [0.2, 0.25) is 5.91 Å². The fourth-order valence-electron chi connectivity index (χ4n) is 4.53. The van der Waals surface area contributed by atoms with E-state index >= 15 is 0 Å². The summed E-state index contributed by atoms with van der Waals surface area (Å²) in [5.41, 5.74) is 4.19. The predicted octanol–water partition coefficient (Wildman–Crippen LogP) is 4.05. The minimum Gasteiger partial charge on any atom is -0.464 e. The Labute approximate surface area is 214 Å². The molecule has 1 fully saturated rings. The maximum atomic E-state index is 13.1.